The monoisotopic (exact) mass is 1200 g/mol. The minimum atomic E-state index is -1.64. The van der Waals surface area contributed by atoms with Crippen molar-refractivity contribution in [2.45, 2.75) is 245 Å². The predicted octanol–water partition coefficient (Wildman–Crippen LogP) is 19.9. The molecule has 0 saturated heterocycles. The van der Waals surface area contributed by atoms with Crippen molar-refractivity contribution in [1.82, 2.24) is 0 Å². The largest absolute Gasteiger partial charge is 0.545 e. The van der Waals surface area contributed by atoms with Crippen LogP contribution in [0, 0.1) is 0 Å². The summed E-state index contributed by atoms with van der Waals surface area (Å²) in [6, 6.07) is 0. The molecule has 0 heterocycles. The molecule has 0 aliphatic heterocycles. The Kier molecular flexibility index (Phi) is 62.1. The van der Waals surface area contributed by atoms with Crippen LogP contribution in [0.15, 0.2) is 182 Å². The third-order valence-corrected chi connectivity index (χ3v) is 13.6. The van der Waals surface area contributed by atoms with Gasteiger partial charge in [-0.3, -0.25) is 9.59 Å². The number of carbonyl (C=O) groups excluding carboxylic acids is 3. The van der Waals surface area contributed by atoms with E-state index in [-0.39, 0.29) is 32.7 Å². The van der Waals surface area contributed by atoms with Gasteiger partial charge in [0.2, 0.25) is 0 Å². The second-order valence-electron chi connectivity index (χ2n) is 23.0. The number of carbonyl (C=O) groups is 3. The first-order valence-electron chi connectivity index (χ1n) is 33.9. The Labute approximate surface area is 532 Å². The van der Waals surface area contributed by atoms with Crippen molar-refractivity contribution in [2.24, 2.45) is 0 Å². The van der Waals surface area contributed by atoms with Crippen LogP contribution in [0.1, 0.15) is 232 Å². The van der Waals surface area contributed by atoms with Crippen LogP contribution in [0.2, 0.25) is 0 Å². The number of rotatable bonds is 60. The van der Waals surface area contributed by atoms with Crippen molar-refractivity contribution >= 4 is 17.9 Å². The van der Waals surface area contributed by atoms with E-state index in [9.17, 15) is 19.5 Å². The molecule has 2 unspecified atom stereocenters. The van der Waals surface area contributed by atoms with Gasteiger partial charge in [0, 0.05) is 12.8 Å². The maximum atomic E-state index is 12.9. The van der Waals surface area contributed by atoms with Crippen LogP contribution in [-0.2, 0) is 33.3 Å². The van der Waals surface area contributed by atoms with Crippen molar-refractivity contribution in [1.29, 1.82) is 0 Å². The molecule has 0 aromatic heterocycles. The lowest BCUT2D eigenvalue weighted by Crippen LogP contribution is -2.44. The Balaban J connectivity index is 4.24. The highest BCUT2D eigenvalue weighted by Crippen LogP contribution is 2.15. The van der Waals surface area contributed by atoms with E-state index in [2.05, 4.69) is 196 Å². The average molecular weight is 1200 g/mol. The van der Waals surface area contributed by atoms with Gasteiger partial charge in [0.15, 0.2) is 12.4 Å². The number of hydrogen-bond acceptors (Lipinski definition) is 8. The highest BCUT2D eigenvalue weighted by atomic mass is 16.7. The summed E-state index contributed by atoms with van der Waals surface area (Å²) in [7, 11) is 5.90. The standard InChI is InChI=1S/C78H123NO8/c1-6-8-10-12-14-16-18-20-22-24-26-28-30-32-33-34-35-36-37-38-39-40-41-42-43-45-47-49-51-53-55-57-59-61-63-65-67-69-76(81)87-74(73-86-78(77(82)83)84-71-70-79(3,4)5)72-85-75(80)68-66-64-62-60-58-56-54-52-50-48-46-44-31-29-27-25-23-21-19-17-15-13-11-9-7-2/h8-11,14-17,20-23,26-29,32-33,35-36,38-39,41-42,44,46,50,52,56,58,74,78H,6-7,12-13,18-19,24-25,30-31,34,37,40,43,45,47-49,51,53-55,57,59-73H2,1-5H3/b10-8-,11-9-,16-14-,17-15-,22-20-,23-21-,28-26-,29-27-,33-32-,36-35-,39-38-,42-41-,46-44-,52-50-,58-56-. The Hall–Kier alpha value is -5.61. The van der Waals surface area contributed by atoms with Gasteiger partial charge < -0.3 is 33.3 Å². The van der Waals surface area contributed by atoms with Gasteiger partial charge >= 0.3 is 11.9 Å². The molecule has 0 N–H and O–H groups in total. The number of esters is 2. The Morgan fingerprint density at radius 3 is 0.931 bits per heavy atom. The molecule has 0 spiro atoms. The lowest BCUT2D eigenvalue weighted by atomic mass is 10.0. The van der Waals surface area contributed by atoms with Gasteiger partial charge in [0.1, 0.15) is 13.2 Å². The van der Waals surface area contributed by atoms with E-state index in [4.69, 9.17) is 18.9 Å². The van der Waals surface area contributed by atoms with E-state index in [0.29, 0.717) is 23.9 Å². The first kappa shape index (κ1) is 81.4. The fourth-order valence-electron chi connectivity index (χ4n) is 8.53. The lowest BCUT2D eigenvalue weighted by Gasteiger charge is -2.26. The Morgan fingerprint density at radius 2 is 0.621 bits per heavy atom. The summed E-state index contributed by atoms with van der Waals surface area (Å²) >= 11 is 0. The molecule has 0 radical (unpaired) electrons. The number of allylic oxidation sites excluding steroid dienone is 30. The molecule has 87 heavy (non-hydrogen) atoms. The Morgan fingerprint density at radius 1 is 0.345 bits per heavy atom. The van der Waals surface area contributed by atoms with Crippen molar-refractivity contribution in [3.8, 4) is 0 Å². The van der Waals surface area contributed by atoms with E-state index in [1.807, 2.05) is 21.1 Å². The maximum absolute atomic E-state index is 12.9. The molecule has 488 valence electrons. The van der Waals surface area contributed by atoms with Gasteiger partial charge in [-0.15, -0.1) is 0 Å². The fraction of sp³-hybridized carbons (Fsp3) is 0.577. The first-order valence-corrected chi connectivity index (χ1v) is 33.9. The van der Waals surface area contributed by atoms with E-state index in [1.54, 1.807) is 0 Å². The number of likely N-dealkylation sites (N-methyl/N-ethyl adjacent to an activating group) is 1. The highest BCUT2D eigenvalue weighted by molar-refractivity contribution is 5.70. The Bertz CT molecular complexity index is 2080. The topological polar surface area (TPSA) is 111 Å². The minimum Gasteiger partial charge on any atom is -0.545 e. The van der Waals surface area contributed by atoms with Crippen LogP contribution in [0.4, 0.5) is 0 Å². The number of aliphatic carboxylic acids is 1. The molecule has 0 bridgehead atoms. The summed E-state index contributed by atoms with van der Waals surface area (Å²) in [5, 5.41) is 11.8. The van der Waals surface area contributed by atoms with E-state index < -0.39 is 30.3 Å². The quantitative estimate of drug-likeness (QED) is 0.0195. The zero-order valence-electron chi connectivity index (χ0n) is 55.6. The molecule has 0 aliphatic carbocycles. The van der Waals surface area contributed by atoms with Crippen LogP contribution in [0.25, 0.3) is 0 Å². The van der Waals surface area contributed by atoms with Gasteiger partial charge in [-0.2, -0.15) is 0 Å². The van der Waals surface area contributed by atoms with Crippen molar-refractivity contribution < 1.29 is 42.9 Å². The van der Waals surface area contributed by atoms with Gasteiger partial charge in [0.05, 0.1) is 40.3 Å². The molecular weight excluding hydrogens is 1080 g/mol. The molecule has 0 fully saturated rings. The lowest BCUT2D eigenvalue weighted by molar-refractivity contribution is -0.870. The third kappa shape index (κ3) is 67.8. The molecule has 0 rings (SSSR count). The predicted molar refractivity (Wildman–Crippen MR) is 370 cm³/mol. The van der Waals surface area contributed by atoms with Crippen molar-refractivity contribution in [3.05, 3.63) is 182 Å². The summed E-state index contributed by atoms with van der Waals surface area (Å²) < 4.78 is 22.7. The molecule has 0 amide bonds. The minimum absolute atomic E-state index is 0.132. The first-order chi connectivity index (χ1) is 42.6. The smallest absolute Gasteiger partial charge is 0.306 e. The van der Waals surface area contributed by atoms with Gasteiger partial charge in [0.25, 0.3) is 0 Å². The fourth-order valence-corrected chi connectivity index (χ4v) is 8.53. The number of hydrogen-bond donors (Lipinski definition) is 0. The summed E-state index contributed by atoms with van der Waals surface area (Å²) in [4.78, 5) is 37.5. The van der Waals surface area contributed by atoms with Crippen LogP contribution < -0.4 is 5.11 Å². The molecule has 0 saturated carbocycles. The average Bonchev–Trinajstić information content (AvgIpc) is 3.57. The van der Waals surface area contributed by atoms with Gasteiger partial charge in [-0.1, -0.05) is 267 Å². The molecule has 0 aliphatic rings. The van der Waals surface area contributed by atoms with Gasteiger partial charge in [-0.05, 0) is 135 Å². The van der Waals surface area contributed by atoms with Gasteiger partial charge in [-0.25, -0.2) is 0 Å². The molecule has 2 atom stereocenters. The summed E-state index contributed by atoms with van der Waals surface area (Å²) in [5.41, 5.74) is 0. The van der Waals surface area contributed by atoms with Crippen LogP contribution >= 0.6 is 0 Å². The van der Waals surface area contributed by atoms with Crippen LogP contribution in [0.3, 0.4) is 0 Å². The molecule has 9 nitrogen and oxygen atoms in total. The van der Waals surface area contributed by atoms with Crippen molar-refractivity contribution in [3.63, 3.8) is 0 Å². The van der Waals surface area contributed by atoms with E-state index in [0.717, 1.165) is 141 Å². The zero-order chi connectivity index (χ0) is 63.3. The highest BCUT2D eigenvalue weighted by Gasteiger charge is 2.22. The number of carboxylic acids is 1. The molecular formula is C78H123NO8. The number of quaternary nitrogens is 1. The normalized spacial score (nSPS) is 13.9. The second-order valence-corrected chi connectivity index (χ2v) is 23.0. The number of unbranched alkanes of at least 4 members (excludes halogenated alkanes) is 15. The molecule has 0 aromatic rings. The number of carboxylic acid groups (broad SMARTS) is 1. The second kappa shape index (κ2) is 66.3. The van der Waals surface area contributed by atoms with E-state index in [1.165, 1.54) is 51.4 Å². The summed E-state index contributed by atoms with van der Waals surface area (Å²) in [6.45, 7) is 4.46. The van der Waals surface area contributed by atoms with E-state index >= 15 is 0 Å². The van der Waals surface area contributed by atoms with Crippen LogP contribution in [0.5, 0.6) is 0 Å². The van der Waals surface area contributed by atoms with Crippen molar-refractivity contribution in [2.75, 3.05) is 47.5 Å². The third-order valence-electron chi connectivity index (χ3n) is 13.6. The summed E-state index contributed by atoms with van der Waals surface area (Å²) in [5.74, 6) is -2.35. The van der Waals surface area contributed by atoms with Crippen LogP contribution in [-0.4, -0.2) is 82.3 Å². The number of nitrogens with zero attached hydrogens (tertiary/aromatic N) is 1. The zero-order valence-corrected chi connectivity index (χ0v) is 55.6. The molecule has 0 aromatic carbocycles. The number of ether oxygens (including phenoxy) is 4. The summed E-state index contributed by atoms with van der Waals surface area (Å²) in [6.07, 6.45) is 98.2. The SMILES string of the molecule is CC/C=C\C/C=C\C/C=C\C/C=C\C/C=C\C/C=C\C/C=C\C/C=C\CCCCCCCCCCCCCCC(=O)OC(COC(=O)CCCCC/C=C\C/C=C\C/C=C\C/C=C\C/C=C\C/C=C\C/C=C\CC)COC(OCC[N+](C)(C)C)C(=O)[O-]. The molecule has 9 heteroatoms. The maximum Gasteiger partial charge on any atom is 0.306 e.